The number of ether oxygens (including phenoxy) is 1. The van der Waals surface area contributed by atoms with Crippen molar-refractivity contribution in [2.75, 3.05) is 26.3 Å². The van der Waals surface area contributed by atoms with Gasteiger partial charge in [0.1, 0.15) is 0 Å². The number of carbonyl (C=O) groups is 1. The van der Waals surface area contributed by atoms with Gasteiger partial charge in [0, 0.05) is 19.1 Å². The molecule has 1 aliphatic heterocycles. The number of rotatable bonds is 5. The van der Waals surface area contributed by atoms with Gasteiger partial charge in [-0.1, -0.05) is 18.2 Å². The van der Waals surface area contributed by atoms with Crippen molar-refractivity contribution in [2.24, 2.45) is 0 Å². The van der Waals surface area contributed by atoms with E-state index >= 15 is 0 Å². The van der Waals surface area contributed by atoms with Gasteiger partial charge in [-0.25, -0.2) is 0 Å². The molecule has 2 rings (SSSR count). The fraction of sp³-hybridized carbons (Fsp3) is 0.562. The van der Waals surface area contributed by atoms with Crippen molar-refractivity contribution in [2.45, 2.75) is 32.7 Å². The second-order valence-corrected chi connectivity index (χ2v) is 5.52. The standard InChI is InChI=1S/C16H23NO3/c1-12-3-4-14(9-13(12)2)10-15(11-16(18)19)17-5-7-20-8-6-17/h3-4,9,15H,5-8,10-11H2,1-2H3,(H,18,19). The van der Waals surface area contributed by atoms with Gasteiger partial charge in [0.15, 0.2) is 0 Å². The number of nitrogens with zero attached hydrogens (tertiary/aromatic N) is 1. The lowest BCUT2D eigenvalue weighted by molar-refractivity contribution is -0.138. The van der Waals surface area contributed by atoms with Gasteiger partial charge in [-0.2, -0.15) is 0 Å². The minimum atomic E-state index is -0.731. The van der Waals surface area contributed by atoms with Gasteiger partial charge in [-0.05, 0) is 37.0 Å². The maximum atomic E-state index is 11.1. The molecule has 4 heteroatoms. The quantitative estimate of drug-likeness (QED) is 0.894. The van der Waals surface area contributed by atoms with Crippen LogP contribution in [0.1, 0.15) is 23.1 Å². The molecule has 0 bridgehead atoms. The van der Waals surface area contributed by atoms with Crippen LogP contribution in [0.15, 0.2) is 18.2 Å². The van der Waals surface area contributed by atoms with Crippen molar-refractivity contribution in [1.82, 2.24) is 4.90 Å². The van der Waals surface area contributed by atoms with Gasteiger partial charge in [-0.15, -0.1) is 0 Å². The largest absolute Gasteiger partial charge is 0.481 e. The number of carboxylic acids is 1. The van der Waals surface area contributed by atoms with Crippen molar-refractivity contribution in [3.63, 3.8) is 0 Å². The SMILES string of the molecule is Cc1ccc(CC(CC(=O)O)N2CCOCC2)cc1C. The molecular formula is C16H23NO3. The summed E-state index contributed by atoms with van der Waals surface area (Å²) < 4.78 is 5.35. The first-order chi connectivity index (χ1) is 9.56. The smallest absolute Gasteiger partial charge is 0.304 e. The first-order valence-corrected chi connectivity index (χ1v) is 7.16. The summed E-state index contributed by atoms with van der Waals surface area (Å²) in [5, 5.41) is 9.13. The van der Waals surface area contributed by atoms with Crippen LogP contribution < -0.4 is 0 Å². The van der Waals surface area contributed by atoms with Crippen LogP contribution in [0, 0.1) is 13.8 Å². The number of hydrogen-bond acceptors (Lipinski definition) is 3. The van der Waals surface area contributed by atoms with E-state index in [9.17, 15) is 4.79 Å². The molecular weight excluding hydrogens is 254 g/mol. The fourth-order valence-corrected chi connectivity index (χ4v) is 2.68. The molecule has 0 amide bonds. The van der Waals surface area contributed by atoms with Gasteiger partial charge in [0.2, 0.25) is 0 Å². The Bertz CT molecular complexity index is 467. The van der Waals surface area contributed by atoms with E-state index in [2.05, 4.69) is 36.9 Å². The van der Waals surface area contributed by atoms with Gasteiger partial charge in [-0.3, -0.25) is 9.69 Å². The van der Waals surface area contributed by atoms with E-state index in [0.29, 0.717) is 13.2 Å². The zero-order valence-electron chi connectivity index (χ0n) is 12.3. The van der Waals surface area contributed by atoms with Gasteiger partial charge in [0.05, 0.1) is 19.6 Å². The van der Waals surface area contributed by atoms with Crippen LogP contribution >= 0.6 is 0 Å². The normalized spacial score (nSPS) is 17.9. The monoisotopic (exact) mass is 277 g/mol. The summed E-state index contributed by atoms with van der Waals surface area (Å²) in [7, 11) is 0. The third-order valence-corrected chi connectivity index (χ3v) is 4.01. The highest BCUT2D eigenvalue weighted by Crippen LogP contribution is 2.17. The van der Waals surface area contributed by atoms with E-state index in [1.54, 1.807) is 0 Å². The Morgan fingerprint density at radius 2 is 2.00 bits per heavy atom. The van der Waals surface area contributed by atoms with Gasteiger partial charge >= 0.3 is 5.97 Å². The number of aliphatic carboxylic acids is 1. The fourth-order valence-electron chi connectivity index (χ4n) is 2.68. The lowest BCUT2D eigenvalue weighted by Crippen LogP contribution is -2.45. The summed E-state index contributed by atoms with van der Waals surface area (Å²) in [4.78, 5) is 13.3. The average Bonchev–Trinajstić information content (AvgIpc) is 2.43. The molecule has 1 aliphatic rings. The summed E-state index contributed by atoms with van der Waals surface area (Å²) in [6, 6.07) is 6.45. The molecule has 1 saturated heterocycles. The molecule has 110 valence electrons. The van der Waals surface area contributed by atoms with Crippen molar-refractivity contribution >= 4 is 5.97 Å². The van der Waals surface area contributed by atoms with Gasteiger partial charge < -0.3 is 9.84 Å². The molecule has 1 heterocycles. The second-order valence-electron chi connectivity index (χ2n) is 5.52. The Kier molecular flexibility index (Phi) is 5.15. The van der Waals surface area contributed by atoms with E-state index < -0.39 is 5.97 Å². The van der Waals surface area contributed by atoms with Crippen molar-refractivity contribution in [1.29, 1.82) is 0 Å². The minimum absolute atomic E-state index is 0.0542. The molecule has 1 aromatic carbocycles. The second kappa shape index (κ2) is 6.86. The zero-order valence-corrected chi connectivity index (χ0v) is 12.3. The highest BCUT2D eigenvalue weighted by molar-refractivity contribution is 5.67. The molecule has 1 fully saturated rings. The van der Waals surface area contributed by atoms with E-state index in [0.717, 1.165) is 19.5 Å². The van der Waals surface area contributed by atoms with E-state index in [4.69, 9.17) is 9.84 Å². The number of benzene rings is 1. The van der Waals surface area contributed by atoms with Crippen LogP contribution in [0.2, 0.25) is 0 Å². The van der Waals surface area contributed by atoms with E-state index in [-0.39, 0.29) is 12.5 Å². The van der Waals surface area contributed by atoms with Crippen LogP contribution in [0.5, 0.6) is 0 Å². The first-order valence-electron chi connectivity index (χ1n) is 7.16. The molecule has 0 aromatic heterocycles. The van der Waals surface area contributed by atoms with E-state index in [1.165, 1.54) is 16.7 Å². The third-order valence-electron chi connectivity index (χ3n) is 4.01. The molecule has 20 heavy (non-hydrogen) atoms. The first kappa shape index (κ1) is 15.0. The predicted octanol–water partition coefficient (Wildman–Crippen LogP) is 2.02. The molecule has 0 spiro atoms. The minimum Gasteiger partial charge on any atom is -0.481 e. The molecule has 1 aromatic rings. The van der Waals surface area contributed by atoms with Crippen LogP contribution in [-0.4, -0.2) is 48.3 Å². The predicted molar refractivity (Wildman–Crippen MR) is 78.1 cm³/mol. The highest BCUT2D eigenvalue weighted by Gasteiger charge is 2.23. The average molecular weight is 277 g/mol. The maximum absolute atomic E-state index is 11.1. The van der Waals surface area contributed by atoms with Crippen LogP contribution in [0.4, 0.5) is 0 Å². The number of carboxylic acid groups (broad SMARTS) is 1. The van der Waals surface area contributed by atoms with Crippen LogP contribution in [-0.2, 0) is 16.0 Å². The summed E-state index contributed by atoms with van der Waals surface area (Å²) >= 11 is 0. The van der Waals surface area contributed by atoms with Crippen molar-refractivity contribution in [3.05, 3.63) is 34.9 Å². The maximum Gasteiger partial charge on any atom is 0.304 e. The van der Waals surface area contributed by atoms with E-state index in [1.807, 2.05) is 0 Å². The van der Waals surface area contributed by atoms with Gasteiger partial charge in [0.25, 0.3) is 0 Å². The lowest BCUT2D eigenvalue weighted by Gasteiger charge is -2.34. The molecule has 1 N–H and O–H groups in total. The third kappa shape index (κ3) is 4.05. The number of hydrogen-bond donors (Lipinski definition) is 1. The Balaban J connectivity index is 2.09. The molecule has 0 saturated carbocycles. The Morgan fingerprint density at radius 3 is 2.60 bits per heavy atom. The Hall–Kier alpha value is -1.39. The summed E-state index contributed by atoms with van der Waals surface area (Å²) in [6.45, 7) is 7.23. The summed E-state index contributed by atoms with van der Waals surface area (Å²) in [6.07, 6.45) is 0.973. The number of morpholine rings is 1. The van der Waals surface area contributed by atoms with Crippen molar-refractivity contribution < 1.29 is 14.6 Å². The van der Waals surface area contributed by atoms with Crippen molar-refractivity contribution in [3.8, 4) is 0 Å². The Labute approximate surface area is 120 Å². The lowest BCUT2D eigenvalue weighted by atomic mass is 9.98. The zero-order chi connectivity index (χ0) is 14.5. The summed E-state index contributed by atoms with van der Waals surface area (Å²) in [5.41, 5.74) is 3.75. The highest BCUT2D eigenvalue weighted by atomic mass is 16.5. The summed E-state index contributed by atoms with van der Waals surface area (Å²) in [5.74, 6) is -0.731. The number of aryl methyl sites for hydroxylation is 2. The molecule has 1 unspecified atom stereocenters. The van der Waals surface area contributed by atoms with Crippen LogP contribution in [0.25, 0.3) is 0 Å². The van der Waals surface area contributed by atoms with Crippen LogP contribution in [0.3, 0.4) is 0 Å². The molecule has 4 nitrogen and oxygen atoms in total. The Morgan fingerprint density at radius 1 is 1.30 bits per heavy atom. The molecule has 0 aliphatic carbocycles. The topological polar surface area (TPSA) is 49.8 Å². The molecule has 0 radical (unpaired) electrons. The molecule has 1 atom stereocenters.